The lowest BCUT2D eigenvalue weighted by Crippen LogP contribution is -2.30. The van der Waals surface area contributed by atoms with E-state index in [9.17, 15) is 14.4 Å². The Bertz CT molecular complexity index is 1270. The van der Waals surface area contributed by atoms with Gasteiger partial charge in [0.05, 0.1) is 32.2 Å². The maximum absolute atomic E-state index is 12.8. The van der Waals surface area contributed by atoms with Gasteiger partial charge in [-0.1, -0.05) is 35.7 Å². The van der Waals surface area contributed by atoms with E-state index in [1.807, 2.05) is 0 Å². The number of amides is 1. The average molecular weight is 474 g/mol. The Morgan fingerprint density at radius 1 is 1.16 bits per heavy atom. The second kappa shape index (κ2) is 9.30. The third kappa shape index (κ3) is 4.49. The minimum absolute atomic E-state index is 0.0991. The number of nitrogens with zero attached hydrogens (tertiary/aromatic N) is 2. The van der Waals surface area contributed by atoms with Crippen LogP contribution < -0.4 is 10.9 Å². The van der Waals surface area contributed by atoms with Gasteiger partial charge >= 0.3 is 5.97 Å². The highest BCUT2D eigenvalue weighted by molar-refractivity contribution is 6.44. The van der Waals surface area contributed by atoms with Gasteiger partial charge < -0.3 is 10.1 Å². The highest BCUT2D eigenvalue weighted by atomic mass is 35.5. The third-order valence-corrected chi connectivity index (χ3v) is 6.23. The van der Waals surface area contributed by atoms with Crippen molar-refractivity contribution < 1.29 is 14.3 Å². The lowest BCUT2D eigenvalue weighted by molar-refractivity contribution is -0.123. The molecule has 1 aliphatic rings. The van der Waals surface area contributed by atoms with E-state index in [0.717, 1.165) is 31.5 Å². The molecular weight excluding hydrogens is 453 g/mol. The van der Waals surface area contributed by atoms with E-state index in [2.05, 4.69) is 10.3 Å². The molecule has 2 heterocycles. The summed E-state index contributed by atoms with van der Waals surface area (Å²) in [6.45, 7) is 2.11. The van der Waals surface area contributed by atoms with E-state index in [-0.39, 0.29) is 16.1 Å². The number of aromatic nitrogens is 2. The van der Waals surface area contributed by atoms with E-state index in [1.165, 1.54) is 19.1 Å². The third-order valence-electron chi connectivity index (χ3n) is 5.41. The zero-order chi connectivity index (χ0) is 22.8. The summed E-state index contributed by atoms with van der Waals surface area (Å²) in [6.07, 6.45) is 2.62. The SMILES string of the molecule is CC(OC(=O)c1ccc2c(=O)n3c(nc2c1)CCCCC3)C(=O)Nc1cccc(Cl)c1Cl. The highest BCUT2D eigenvalue weighted by Gasteiger charge is 2.21. The van der Waals surface area contributed by atoms with E-state index >= 15 is 0 Å². The van der Waals surface area contributed by atoms with Crippen LogP contribution in [0.2, 0.25) is 10.0 Å². The molecule has 0 radical (unpaired) electrons. The number of benzene rings is 2. The molecule has 2 aromatic carbocycles. The van der Waals surface area contributed by atoms with Gasteiger partial charge in [0.15, 0.2) is 6.10 Å². The van der Waals surface area contributed by atoms with Crippen LogP contribution in [-0.2, 0) is 22.5 Å². The number of carbonyl (C=O) groups excluding carboxylic acids is 2. The molecule has 3 aromatic rings. The topological polar surface area (TPSA) is 90.3 Å². The number of ether oxygens (including phenoxy) is 1. The van der Waals surface area contributed by atoms with Crippen LogP contribution in [0.15, 0.2) is 41.2 Å². The van der Waals surface area contributed by atoms with Crippen LogP contribution in [0.3, 0.4) is 0 Å². The van der Waals surface area contributed by atoms with Crippen LogP contribution in [0.1, 0.15) is 42.4 Å². The molecule has 166 valence electrons. The Morgan fingerprint density at radius 3 is 2.78 bits per heavy atom. The molecule has 0 bridgehead atoms. The van der Waals surface area contributed by atoms with Gasteiger partial charge in [-0.2, -0.15) is 0 Å². The highest BCUT2D eigenvalue weighted by Crippen LogP contribution is 2.29. The van der Waals surface area contributed by atoms with Crippen molar-refractivity contribution in [3.63, 3.8) is 0 Å². The van der Waals surface area contributed by atoms with Gasteiger partial charge in [-0.15, -0.1) is 0 Å². The normalized spacial score (nSPS) is 14.3. The molecule has 32 heavy (non-hydrogen) atoms. The van der Waals surface area contributed by atoms with Gasteiger partial charge in [0.25, 0.3) is 11.5 Å². The van der Waals surface area contributed by atoms with Crippen molar-refractivity contribution in [2.24, 2.45) is 0 Å². The molecular formula is C23H21Cl2N3O4. The predicted molar refractivity (Wildman–Crippen MR) is 124 cm³/mol. The van der Waals surface area contributed by atoms with Crippen molar-refractivity contribution in [2.75, 3.05) is 5.32 Å². The minimum Gasteiger partial charge on any atom is -0.449 e. The van der Waals surface area contributed by atoms with E-state index < -0.39 is 18.0 Å². The van der Waals surface area contributed by atoms with Gasteiger partial charge in [0.1, 0.15) is 5.82 Å². The molecule has 0 fully saturated rings. The van der Waals surface area contributed by atoms with Crippen LogP contribution in [-0.4, -0.2) is 27.5 Å². The molecule has 9 heteroatoms. The monoisotopic (exact) mass is 473 g/mol. The molecule has 1 aliphatic heterocycles. The number of hydrogen-bond donors (Lipinski definition) is 1. The van der Waals surface area contributed by atoms with Crippen molar-refractivity contribution in [1.29, 1.82) is 0 Å². The Labute approximate surface area is 194 Å². The van der Waals surface area contributed by atoms with E-state index in [1.54, 1.807) is 28.8 Å². The second-order valence-electron chi connectivity index (χ2n) is 7.67. The molecule has 1 N–H and O–H groups in total. The van der Waals surface area contributed by atoms with Crippen LogP contribution in [0.4, 0.5) is 5.69 Å². The number of nitrogens with one attached hydrogen (secondary N) is 1. The molecule has 0 spiro atoms. The zero-order valence-electron chi connectivity index (χ0n) is 17.4. The maximum Gasteiger partial charge on any atom is 0.338 e. The van der Waals surface area contributed by atoms with Crippen molar-refractivity contribution >= 4 is 51.7 Å². The number of esters is 1. The Kier molecular flexibility index (Phi) is 6.48. The van der Waals surface area contributed by atoms with Crippen molar-refractivity contribution in [2.45, 2.75) is 45.3 Å². The fourth-order valence-corrected chi connectivity index (χ4v) is 4.01. The van der Waals surface area contributed by atoms with Gasteiger partial charge in [-0.3, -0.25) is 14.2 Å². The minimum atomic E-state index is -1.08. The molecule has 4 rings (SSSR count). The van der Waals surface area contributed by atoms with Crippen LogP contribution in [0, 0.1) is 0 Å². The summed E-state index contributed by atoms with van der Waals surface area (Å²) in [5.41, 5.74) is 0.880. The molecule has 1 atom stereocenters. The summed E-state index contributed by atoms with van der Waals surface area (Å²) < 4.78 is 7.04. The van der Waals surface area contributed by atoms with Crippen LogP contribution in [0.5, 0.6) is 0 Å². The van der Waals surface area contributed by atoms with Crippen molar-refractivity contribution in [1.82, 2.24) is 9.55 Å². The lowest BCUT2D eigenvalue weighted by atomic mass is 10.1. The standard InChI is InChI=1S/C23H21Cl2N3O4/c1-13(21(29)27-17-7-5-6-16(24)20(17)25)32-23(31)14-9-10-15-18(12-14)26-19-8-3-2-4-11-28(19)22(15)30/h5-7,9-10,12-13H,2-4,8,11H2,1H3,(H,27,29). The summed E-state index contributed by atoms with van der Waals surface area (Å²) in [7, 11) is 0. The fraction of sp³-hybridized carbons (Fsp3) is 0.304. The fourth-order valence-electron chi connectivity index (χ4n) is 3.66. The number of anilines is 1. The van der Waals surface area contributed by atoms with Gasteiger partial charge in [-0.25, -0.2) is 9.78 Å². The molecule has 7 nitrogen and oxygen atoms in total. The molecule has 0 saturated heterocycles. The molecule has 1 amide bonds. The Balaban J connectivity index is 1.52. The largest absolute Gasteiger partial charge is 0.449 e. The average Bonchev–Trinajstić information content (AvgIpc) is 3.02. The number of hydrogen-bond acceptors (Lipinski definition) is 5. The van der Waals surface area contributed by atoms with Gasteiger partial charge in [0.2, 0.25) is 0 Å². The summed E-state index contributed by atoms with van der Waals surface area (Å²) in [6, 6.07) is 9.46. The van der Waals surface area contributed by atoms with Gasteiger partial charge in [0, 0.05) is 13.0 Å². The first-order valence-corrected chi connectivity index (χ1v) is 11.1. The number of aryl methyl sites for hydroxylation is 1. The summed E-state index contributed by atoms with van der Waals surface area (Å²) in [5, 5.41) is 3.55. The van der Waals surface area contributed by atoms with Crippen LogP contribution >= 0.6 is 23.2 Å². The molecule has 1 unspecified atom stereocenters. The number of fused-ring (bicyclic) bond motifs is 2. The second-order valence-corrected chi connectivity index (χ2v) is 8.45. The first kappa shape index (κ1) is 22.3. The van der Waals surface area contributed by atoms with Crippen molar-refractivity contribution in [3.8, 4) is 0 Å². The Morgan fingerprint density at radius 2 is 1.97 bits per heavy atom. The predicted octanol–water partition coefficient (Wildman–Crippen LogP) is 4.61. The quantitative estimate of drug-likeness (QED) is 0.558. The van der Waals surface area contributed by atoms with Crippen molar-refractivity contribution in [3.05, 3.63) is 68.2 Å². The number of halogens is 2. The molecule has 1 aromatic heterocycles. The first-order chi connectivity index (χ1) is 15.3. The molecule has 0 saturated carbocycles. The summed E-state index contributed by atoms with van der Waals surface area (Å²) >= 11 is 12.0. The maximum atomic E-state index is 12.8. The summed E-state index contributed by atoms with van der Waals surface area (Å²) in [4.78, 5) is 42.5. The zero-order valence-corrected chi connectivity index (χ0v) is 18.9. The first-order valence-electron chi connectivity index (χ1n) is 10.3. The van der Waals surface area contributed by atoms with E-state index in [4.69, 9.17) is 27.9 Å². The Hall–Kier alpha value is -2.90. The van der Waals surface area contributed by atoms with Gasteiger partial charge in [-0.05, 0) is 50.1 Å². The van der Waals surface area contributed by atoms with Crippen LogP contribution in [0.25, 0.3) is 10.9 Å². The summed E-state index contributed by atoms with van der Waals surface area (Å²) in [5.74, 6) is -0.509. The number of carbonyl (C=O) groups is 2. The number of rotatable bonds is 4. The molecule has 0 aliphatic carbocycles. The van der Waals surface area contributed by atoms with E-state index in [0.29, 0.717) is 28.2 Å². The lowest BCUT2D eigenvalue weighted by Gasteiger charge is -2.15. The smallest absolute Gasteiger partial charge is 0.338 e.